The van der Waals surface area contributed by atoms with E-state index >= 15 is 0 Å². The summed E-state index contributed by atoms with van der Waals surface area (Å²) in [5.41, 5.74) is 5.57. The summed E-state index contributed by atoms with van der Waals surface area (Å²) in [5, 5.41) is 10.2. The molecular weight excluding hydrogens is 254 g/mol. The van der Waals surface area contributed by atoms with Gasteiger partial charge in [-0.25, -0.2) is 4.89 Å². The average molecular weight is 285 g/mol. The van der Waals surface area contributed by atoms with Crippen LogP contribution in [0.1, 0.15) is 59.3 Å². The van der Waals surface area contributed by atoms with Crippen LogP contribution in [-0.2, 0) is 9.78 Å². The maximum atomic E-state index is 10.2. The van der Waals surface area contributed by atoms with E-state index in [9.17, 15) is 5.11 Å². The van der Waals surface area contributed by atoms with E-state index in [1.807, 2.05) is 26.8 Å². The van der Waals surface area contributed by atoms with Gasteiger partial charge in [0.1, 0.15) is 0 Å². The first kappa shape index (κ1) is 17.6. The highest BCUT2D eigenvalue weighted by Crippen LogP contribution is 2.33. The van der Waals surface area contributed by atoms with Crippen molar-refractivity contribution in [3.8, 4) is 0 Å². The summed E-state index contributed by atoms with van der Waals surface area (Å²) >= 11 is 0. The summed E-state index contributed by atoms with van der Waals surface area (Å²) in [7, 11) is 0. The lowest BCUT2D eigenvalue weighted by atomic mass is 9.85. The first-order chi connectivity index (χ1) is 9.64. The lowest BCUT2D eigenvalue weighted by Gasteiger charge is -2.31. The highest BCUT2D eigenvalue weighted by molar-refractivity contribution is 5.06. The van der Waals surface area contributed by atoms with Crippen LogP contribution in [0.25, 0.3) is 0 Å². The molecule has 118 valence electrons. The molecule has 0 aromatic carbocycles. The summed E-state index contributed by atoms with van der Waals surface area (Å²) < 4.78 is 0. The molecule has 0 aromatic rings. The van der Waals surface area contributed by atoms with Crippen molar-refractivity contribution in [1.82, 2.24) is 0 Å². The van der Waals surface area contributed by atoms with Crippen molar-refractivity contribution in [2.45, 2.75) is 71.2 Å². The molecule has 4 heteroatoms. The SMILES string of the molecule is CC.CC1CC=CC1(O)OOC1CCC(CCN)CC1. The molecule has 0 bridgehead atoms. The van der Waals surface area contributed by atoms with Crippen LogP contribution in [0.3, 0.4) is 0 Å². The van der Waals surface area contributed by atoms with Gasteiger partial charge in [0, 0.05) is 5.92 Å². The normalized spacial score (nSPS) is 36.5. The van der Waals surface area contributed by atoms with E-state index in [0.717, 1.165) is 51.0 Å². The smallest absolute Gasteiger partial charge is 0.221 e. The predicted octanol–water partition coefficient (Wildman–Crippen LogP) is 3.15. The first-order valence-corrected chi connectivity index (χ1v) is 8.08. The van der Waals surface area contributed by atoms with Crippen LogP contribution in [0.15, 0.2) is 12.2 Å². The molecule has 0 aliphatic heterocycles. The fourth-order valence-corrected chi connectivity index (χ4v) is 2.78. The van der Waals surface area contributed by atoms with E-state index < -0.39 is 5.79 Å². The maximum Gasteiger partial charge on any atom is 0.221 e. The van der Waals surface area contributed by atoms with Crippen molar-refractivity contribution >= 4 is 0 Å². The molecule has 0 amide bonds. The van der Waals surface area contributed by atoms with E-state index in [2.05, 4.69) is 0 Å². The molecule has 2 atom stereocenters. The van der Waals surface area contributed by atoms with E-state index in [0.29, 0.717) is 0 Å². The van der Waals surface area contributed by atoms with Crippen LogP contribution in [0.5, 0.6) is 0 Å². The number of hydrogen-bond donors (Lipinski definition) is 2. The highest BCUT2D eigenvalue weighted by atomic mass is 17.2. The zero-order valence-corrected chi connectivity index (χ0v) is 13.2. The van der Waals surface area contributed by atoms with Crippen LogP contribution >= 0.6 is 0 Å². The molecule has 0 spiro atoms. The summed E-state index contributed by atoms with van der Waals surface area (Å²) in [4.78, 5) is 10.7. The molecule has 2 aliphatic carbocycles. The first-order valence-electron chi connectivity index (χ1n) is 8.08. The van der Waals surface area contributed by atoms with Crippen LogP contribution in [0.4, 0.5) is 0 Å². The van der Waals surface area contributed by atoms with E-state index in [4.69, 9.17) is 15.5 Å². The van der Waals surface area contributed by atoms with Gasteiger partial charge in [0.25, 0.3) is 0 Å². The Bertz CT molecular complexity index is 287. The molecular formula is C16H31NO3. The fraction of sp³-hybridized carbons (Fsp3) is 0.875. The van der Waals surface area contributed by atoms with Crippen molar-refractivity contribution in [1.29, 1.82) is 0 Å². The van der Waals surface area contributed by atoms with Crippen molar-refractivity contribution in [3.63, 3.8) is 0 Å². The van der Waals surface area contributed by atoms with Gasteiger partial charge in [-0.3, -0.25) is 0 Å². The third kappa shape index (κ3) is 4.85. The van der Waals surface area contributed by atoms with E-state index in [1.165, 1.54) is 0 Å². The zero-order chi connectivity index (χ0) is 15.0. The molecule has 20 heavy (non-hydrogen) atoms. The van der Waals surface area contributed by atoms with Crippen LogP contribution in [0, 0.1) is 11.8 Å². The Morgan fingerprint density at radius 2 is 1.90 bits per heavy atom. The Balaban J connectivity index is 0.000000956. The number of rotatable bonds is 5. The lowest BCUT2D eigenvalue weighted by molar-refractivity contribution is -0.432. The molecule has 1 saturated carbocycles. The number of hydrogen-bond acceptors (Lipinski definition) is 4. The molecule has 2 rings (SSSR count). The van der Waals surface area contributed by atoms with Gasteiger partial charge in [-0.05, 0) is 57.1 Å². The third-order valence-corrected chi connectivity index (χ3v) is 4.24. The standard InChI is InChI=1S/C14H25NO3.C2H6/c1-11-3-2-9-14(11,16)18-17-13-6-4-12(5-7-13)8-10-15;1-2/h2,9,11-13,16H,3-8,10,15H2,1H3;1-2H3. The average Bonchev–Trinajstić information content (AvgIpc) is 2.81. The minimum Gasteiger partial charge on any atom is -0.360 e. The molecule has 0 heterocycles. The summed E-state index contributed by atoms with van der Waals surface area (Å²) in [6, 6.07) is 0. The second-order valence-corrected chi connectivity index (χ2v) is 5.69. The minimum atomic E-state index is -1.23. The van der Waals surface area contributed by atoms with Gasteiger partial charge in [-0.2, -0.15) is 4.89 Å². The molecule has 3 N–H and O–H groups in total. The highest BCUT2D eigenvalue weighted by Gasteiger charge is 2.37. The Morgan fingerprint density at radius 1 is 1.25 bits per heavy atom. The number of aliphatic hydroxyl groups is 1. The van der Waals surface area contributed by atoms with E-state index in [-0.39, 0.29) is 12.0 Å². The van der Waals surface area contributed by atoms with Crippen molar-refractivity contribution in [3.05, 3.63) is 12.2 Å². The minimum absolute atomic E-state index is 0.0612. The van der Waals surface area contributed by atoms with Gasteiger partial charge in [-0.15, -0.1) is 0 Å². The van der Waals surface area contributed by atoms with Crippen LogP contribution < -0.4 is 5.73 Å². The molecule has 2 aliphatic rings. The molecule has 0 radical (unpaired) electrons. The summed E-state index contributed by atoms with van der Waals surface area (Å²) in [6.07, 6.45) is 9.98. The fourth-order valence-electron chi connectivity index (χ4n) is 2.78. The molecule has 2 unspecified atom stereocenters. The van der Waals surface area contributed by atoms with Crippen LogP contribution in [-0.4, -0.2) is 23.5 Å². The summed E-state index contributed by atoms with van der Waals surface area (Å²) in [5.74, 6) is -0.428. The summed E-state index contributed by atoms with van der Waals surface area (Å²) in [6.45, 7) is 6.73. The molecule has 0 aromatic heterocycles. The Labute approximate surface area is 123 Å². The predicted molar refractivity (Wildman–Crippen MR) is 80.8 cm³/mol. The van der Waals surface area contributed by atoms with Gasteiger partial charge in [0.15, 0.2) is 0 Å². The van der Waals surface area contributed by atoms with Gasteiger partial charge in [0.05, 0.1) is 6.10 Å². The second-order valence-electron chi connectivity index (χ2n) is 5.69. The zero-order valence-electron chi connectivity index (χ0n) is 13.2. The quantitative estimate of drug-likeness (QED) is 0.352. The Hall–Kier alpha value is -0.420. The number of nitrogens with two attached hydrogens (primary N) is 1. The van der Waals surface area contributed by atoms with Gasteiger partial charge < -0.3 is 10.8 Å². The monoisotopic (exact) mass is 285 g/mol. The van der Waals surface area contributed by atoms with Gasteiger partial charge in [0.2, 0.25) is 5.79 Å². The largest absolute Gasteiger partial charge is 0.360 e. The molecule has 4 nitrogen and oxygen atoms in total. The van der Waals surface area contributed by atoms with E-state index in [1.54, 1.807) is 6.08 Å². The van der Waals surface area contributed by atoms with Crippen molar-refractivity contribution in [2.24, 2.45) is 17.6 Å². The molecule has 0 saturated heterocycles. The molecule has 1 fully saturated rings. The third-order valence-electron chi connectivity index (χ3n) is 4.24. The second kappa shape index (κ2) is 8.78. The maximum absolute atomic E-state index is 10.2. The van der Waals surface area contributed by atoms with Gasteiger partial charge in [-0.1, -0.05) is 26.8 Å². The Morgan fingerprint density at radius 3 is 2.40 bits per heavy atom. The van der Waals surface area contributed by atoms with Crippen molar-refractivity contribution in [2.75, 3.05) is 6.54 Å². The Kier molecular flexibility index (Phi) is 7.74. The van der Waals surface area contributed by atoms with Gasteiger partial charge >= 0.3 is 0 Å². The lowest BCUT2D eigenvalue weighted by Crippen LogP contribution is -2.36. The van der Waals surface area contributed by atoms with Crippen LogP contribution in [0.2, 0.25) is 0 Å². The topological polar surface area (TPSA) is 64.7 Å². The number of allylic oxidation sites excluding steroid dienone is 1. The van der Waals surface area contributed by atoms with Crippen molar-refractivity contribution < 1.29 is 14.9 Å².